The van der Waals surface area contributed by atoms with Crippen molar-refractivity contribution in [1.82, 2.24) is 9.97 Å². The number of fused-ring (bicyclic) bond motifs is 1. The highest BCUT2D eigenvalue weighted by Gasteiger charge is 2.23. The van der Waals surface area contributed by atoms with E-state index in [1.807, 2.05) is 0 Å². The summed E-state index contributed by atoms with van der Waals surface area (Å²) in [6, 6.07) is 2.75. The van der Waals surface area contributed by atoms with Crippen molar-refractivity contribution in [3.63, 3.8) is 0 Å². The Hall–Kier alpha value is -1.40. The van der Waals surface area contributed by atoms with E-state index in [2.05, 4.69) is 40.3 Å². The van der Waals surface area contributed by atoms with Crippen molar-refractivity contribution in [2.24, 2.45) is 5.84 Å². The molecule has 0 aromatic carbocycles. The fourth-order valence-electron chi connectivity index (χ4n) is 2.82. The predicted molar refractivity (Wildman–Crippen MR) is 80.6 cm³/mol. The van der Waals surface area contributed by atoms with Gasteiger partial charge >= 0.3 is 0 Å². The number of hydrogen-bond acceptors (Lipinski definition) is 6. The van der Waals surface area contributed by atoms with E-state index in [-0.39, 0.29) is 0 Å². The fourth-order valence-corrected chi connectivity index (χ4v) is 3.70. The number of aromatic nitrogens is 2. The van der Waals surface area contributed by atoms with Crippen molar-refractivity contribution in [2.45, 2.75) is 38.6 Å². The summed E-state index contributed by atoms with van der Waals surface area (Å²) in [6.07, 6.45) is 5.12. The molecule has 6 heteroatoms. The first-order valence-corrected chi connectivity index (χ1v) is 7.48. The van der Waals surface area contributed by atoms with Crippen LogP contribution in [-0.4, -0.2) is 23.1 Å². The number of hydrogen-bond donors (Lipinski definition) is 2. The Kier molecular flexibility index (Phi) is 3.28. The monoisotopic (exact) mass is 277 g/mol. The summed E-state index contributed by atoms with van der Waals surface area (Å²) in [5.74, 6) is 6.97. The first-order valence-electron chi connectivity index (χ1n) is 6.66. The van der Waals surface area contributed by atoms with Gasteiger partial charge < -0.3 is 4.90 Å². The number of nitrogen functional groups attached to an aromatic ring is 1. The lowest BCUT2D eigenvalue weighted by molar-refractivity contribution is 0.648. The number of nitrogens with one attached hydrogen (secondary N) is 1. The normalized spacial score (nSPS) is 16.2. The molecule has 5 nitrogen and oxygen atoms in total. The van der Waals surface area contributed by atoms with Crippen LogP contribution in [0.3, 0.4) is 0 Å². The summed E-state index contributed by atoms with van der Waals surface area (Å²) in [4.78, 5) is 13.5. The largest absolute Gasteiger partial charge is 0.356 e. The van der Waals surface area contributed by atoms with Gasteiger partial charge in [0.25, 0.3) is 0 Å². The minimum absolute atomic E-state index is 0.495. The highest BCUT2D eigenvalue weighted by molar-refractivity contribution is 7.18. The second-order valence-electron chi connectivity index (χ2n) is 5.14. The van der Waals surface area contributed by atoms with Crippen LogP contribution in [0, 0.1) is 6.92 Å². The molecule has 102 valence electrons. The number of anilines is 2. The van der Waals surface area contributed by atoms with E-state index in [1.54, 1.807) is 11.3 Å². The molecule has 2 aromatic heterocycles. The molecule has 1 saturated carbocycles. The topological polar surface area (TPSA) is 67.1 Å². The van der Waals surface area contributed by atoms with Gasteiger partial charge in [0.2, 0.25) is 5.95 Å². The molecule has 0 aliphatic heterocycles. The summed E-state index contributed by atoms with van der Waals surface area (Å²) in [7, 11) is 2.13. The Balaban J connectivity index is 2.09. The van der Waals surface area contributed by atoms with Gasteiger partial charge in [0, 0.05) is 18.0 Å². The van der Waals surface area contributed by atoms with E-state index in [0.717, 1.165) is 16.0 Å². The maximum atomic E-state index is 5.48. The van der Waals surface area contributed by atoms with Crippen molar-refractivity contribution in [3.05, 3.63) is 10.9 Å². The van der Waals surface area contributed by atoms with Crippen molar-refractivity contribution >= 4 is 33.3 Å². The quantitative estimate of drug-likeness (QED) is 0.667. The van der Waals surface area contributed by atoms with Crippen LogP contribution in [0.15, 0.2) is 6.07 Å². The van der Waals surface area contributed by atoms with Crippen LogP contribution >= 0.6 is 11.3 Å². The zero-order chi connectivity index (χ0) is 13.4. The number of aryl methyl sites for hydroxylation is 1. The molecule has 19 heavy (non-hydrogen) atoms. The molecular formula is C13H19N5S. The second-order valence-corrected chi connectivity index (χ2v) is 6.37. The van der Waals surface area contributed by atoms with Gasteiger partial charge in [-0.2, -0.15) is 4.98 Å². The van der Waals surface area contributed by atoms with Gasteiger partial charge in [0.1, 0.15) is 10.6 Å². The molecule has 0 saturated heterocycles. The zero-order valence-electron chi connectivity index (χ0n) is 11.3. The molecule has 0 atom stereocenters. The minimum atomic E-state index is 0.495. The Morgan fingerprint density at radius 2 is 2.11 bits per heavy atom. The molecule has 2 heterocycles. The highest BCUT2D eigenvalue weighted by atomic mass is 32.1. The predicted octanol–water partition coefficient (Wildman–Crippen LogP) is 2.66. The first-order chi connectivity index (χ1) is 9.19. The maximum absolute atomic E-state index is 5.48. The van der Waals surface area contributed by atoms with Crippen LogP contribution in [0.2, 0.25) is 0 Å². The number of nitrogens with two attached hydrogens (primary N) is 1. The number of nitrogens with zero attached hydrogens (tertiary/aromatic N) is 3. The number of thiophene rings is 1. The molecule has 0 radical (unpaired) electrons. The Labute approximate surface area is 116 Å². The van der Waals surface area contributed by atoms with E-state index in [9.17, 15) is 0 Å². The lowest BCUT2D eigenvalue weighted by Crippen LogP contribution is -2.30. The molecule has 1 aliphatic carbocycles. The fraction of sp³-hybridized carbons (Fsp3) is 0.538. The molecule has 3 rings (SSSR count). The van der Waals surface area contributed by atoms with Crippen molar-refractivity contribution < 1.29 is 0 Å². The van der Waals surface area contributed by atoms with E-state index >= 15 is 0 Å². The molecule has 0 bridgehead atoms. The van der Waals surface area contributed by atoms with Crippen LogP contribution in [-0.2, 0) is 0 Å². The SMILES string of the molecule is Cc1cc2c(N(C)C3CCCC3)nc(NN)nc2s1. The highest BCUT2D eigenvalue weighted by Crippen LogP contribution is 2.34. The number of hydrazine groups is 1. The van der Waals surface area contributed by atoms with Gasteiger partial charge in [0.05, 0.1) is 5.39 Å². The third kappa shape index (κ3) is 2.26. The second kappa shape index (κ2) is 4.94. The standard InChI is InChI=1S/C13H19N5S/c1-8-7-10-11(18(2)9-5-3-4-6-9)15-13(17-14)16-12(10)19-8/h7,9H,3-6,14H2,1-2H3,(H,15,16,17). The van der Waals surface area contributed by atoms with Gasteiger partial charge in [-0.05, 0) is 25.8 Å². The zero-order valence-corrected chi connectivity index (χ0v) is 12.1. The average molecular weight is 277 g/mol. The van der Waals surface area contributed by atoms with Gasteiger partial charge in [-0.1, -0.05) is 12.8 Å². The third-order valence-corrected chi connectivity index (χ3v) is 4.78. The van der Waals surface area contributed by atoms with Gasteiger partial charge in [-0.25, -0.2) is 10.8 Å². The Bertz CT molecular complexity index is 588. The first kappa shape index (κ1) is 12.6. The summed E-state index contributed by atoms with van der Waals surface area (Å²) in [5, 5.41) is 1.14. The average Bonchev–Trinajstić information content (AvgIpc) is 3.04. The van der Waals surface area contributed by atoms with E-state index in [0.29, 0.717) is 12.0 Å². The van der Waals surface area contributed by atoms with Crippen LogP contribution in [0.25, 0.3) is 10.2 Å². The van der Waals surface area contributed by atoms with Gasteiger partial charge in [-0.15, -0.1) is 11.3 Å². The minimum Gasteiger partial charge on any atom is -0.356 e. The third-order valence-electron chi connectivity index (χ3n) is 3.83. The van der Waals surface area contributed by atoms with Gasteiger partial charge in [0.15, 0.2) is 0 Å². The molecule has 1 aliphatic rings. The summed E-state index contributed by atoms with van der Waals surface area (Å²) in [5.41, 5.74) is 2.57. The van der Waals surface area contributed by atoms with Crippen LogP contribution in [0.4, 0.5) is 11.8 Å². The molecule has 0 unspecified atom stereocenters. The molecule has 3 N–H and O–H groups in total. The lowest BCUT2D eigenvalue weighted by atomic mass is 10.2. The molecule has 2 aromatic rings. The van der Waals surface area contributed by atoms with Crippen LogP contribution < -0.4 is 16.2 Å². The Morgan fingerprint density at radius 3 is 2.79 bits per heavy atom. The van der Waals surface area contributed by atoms with E-state index in [1.165, 1.54) is 30.6 Å². The molecule has 1 fully saturated rings. The van der Waals surface area contributed by atoms with Crippen molar-refractivity contribution in [1.29, 1.82) is 0 Å². The molecule has 0 amide bonds. The molecular weight excluding hydrogens is 258 g/mol. The van der Waals surface area contributed by atoms with Gasteiger partial charge in [-0.3, -0.25) is 5.43 Å². The van der Waals surface area contributed by atoms with Crippen molar-refractivity contribution in [3.8, 4) is 0 Å². The summed E-state index contributed by atoms with van der Waals surface area (Å²) in [6.45, 7) is 2.10. The molecule has 0 spiro atoms. The van der Waals surface area contributed by atoms with E-state index < -0.39 is 0 Å². The Morgan fingerprint density at radius 1 is 1.37 bits per heavy atom. The summed E-state index contributed by atoms with van der Waals surface area (Å²) < 4.78 is 0. The smallest absolute Gasteiger partial charge is 0.240 e. The van der Waals surface area contributed by atoms with Crippen molar-refractivity contribution in [2.75, 3.05) is 17.4 Å². The summed E-state index contributed by atoms with van der Waals surface area (Å²) >= 11 is 1.68. The van der Waals surface area contributed by atoms with E-state index in [4.69, 9.17) is 5.84 Å². The van der Waals surface area contributed by atoms with Crippen LogP contribution in [0.1, 0.15) is 30.6 Å². The number of rotatable bonds is 3. The maximum Gasteiger partial charge on any atom is 0.240 e. The lowest BCUT2D eigenvalue weighted by Gasteiger charge is -2.26. The van der Waals surface area contributed by atoms with Crippen LogP contribution in [0.5, 0.6) is 0 Å².